The zero-order valence-electron chi connectivity index (χ0n) is 12.1. The van der Waals surface area contributed by atoms with E-state index in [2.05, 4.69) is 4.42 Å². The maximum Gasteiger partial charge on any atom is 0.328 e. The highest BCUT2D eigenvalue weighted by molar-refractivity contribution is 5.85. The molecule has 0 radical (unpaired) electrons. The van der Waals surface area contributed by atoms with Crippen LogP contribution < -0.4 is 0 Å². The normalized spacial score (nSPS) is 10.3. The fourth-order valence-corrected chi connectivity index (χ4v) is 1.35. The molecule has 2 rings (SSSR count). The van der Waals surface area contributed by atoms with Gasteiger partial charge in [-0.3, -0.25) is 9.59 Å². The zero-order valence-corrected chi connectivity index (χ0v) is 12.1. The molecule has 0 aliphatic heterocycles. The van der Waals surface area contributed by atoms with E-state index in [1.807, 2.05) is 0 Å². The van der Waals surface area contributed by atoms with Crippen molar-refractivity contribution in [2.75, 3.05) is 0 Å². The lowest BCUT2D eigenvalue weighted by molar-refractivity contribution is -0.132. The molecule has 8 nitrogen and oxygen atoms in total. The minimum Gasteiger partial charge on any atom is -0.478 e. The third-order valence-corrected chi connectivity index (χ3v) is 2.31. The molecule has 24 heavy (non-hydrogen) atoms. The van der Waals surface area contributed by atoms with Crippen LogP contribution in [0.4, 0.5) is 0 Å². The average molecular weight is 332 g/mol. The van der Waals surface area contributed by atoms with Crippen molar-refractivity contribution in [3.05, 3.63) is 59.5 Å². The van der Waals surface area contributed by atoms with Gasteiger partial charge >= 0.3 is 11.9 Å². The van der Waals surface area contributed by atoms with Crippen LogP contribution in [0.2, 0.25) is 0 Å². The lowest BCUT2D eigenvalue weighted by Crippen LogP contribution is -1.85. The molecule has 2 heterocycles. The molecule has 0 amide bonds. The van der Waals surface area contributed by atoms with E-state index in [0.717, 1.165) is 12.2 Å². The molecule has 0 aliphatic carbocycles. The third-order valence-electron chi connectivity index (χ3n) is 2.31. The van der Waals surface area contributed by atoms with Gasteiger partial charge in [0.1, 0.15) is 11.5 Å². The molecule has 0 saturated heterocycles. The molecule has 0 aliphatic rings. The summed E-state index contributed by atoms with van der Waals surface area (Å²) in [6.45, 7) is 0. The van der Waals surface area contributed by atoms with E-state index >= 15 is 0 Å². The number of carbonyl (C=O) groups excluding carboxylic acids is 2. The van der Waals surface area contributed by atoms with Crippen LogP contribution in [0.5, 0.6) is 0 Å². The first kappa shape index (κ1) is 18.4. The topological polar surface area (TPSA) is 135 Å². The fourth-order valence-electron chi connectivity index (χ4n) is 1.35. The lowest BCUT2D eigenvalue weighted by Gasteiger charge is -1.84. The Bertz CT molecular complexity index is 715. The largest absolute Gasteiger partial charge is 0.478 e. The van der Waals surface area contributed by atoms with Crippen molar-refractivity contribution in [3.63, 3.8) is 0 Å². The maximum absolute atomic E-state index is 10.2. The standard InChI is InChI=1S/C10H8O5.C6H4O3/c11-9(12)5-3-7-1-2-8(15-7)4-6-10(13)14;7-3-5-1-2-6(4-8)9-5/h1-6H,(H,11,12)(H,13,14);1-4H/b5-3+,6-4+;. The maximum atomic E-state index is 10.2. The Hall–Kier alpha value is -3.68. The first-order valence-corrected chi connectivity index (χ1v) is 6.36. The lowest BCUT2D eigenvalue weighted by atomic mass is 10.3. The second-order valence-corrected chi connectivity index (χ2v) is 4.06. The summed E-state index contributed by atoms with van der Waals surface area (Å²) in [4.78, 5) is 40.2. The number of carbonyl (C=O) groups is 4. The SMILES string of the molecule is O=C(O)/C=C/c1ccc(/C=C/C(=O)O)o1.O=Cc1ccc(C=O)o1. The van der Waals surface area contributed by atoms with Gasteiger partial charge in [0.25, 0.3) is 0 Å². The van der Waals surface area contributed by atoms with Crippen LogP contribution in [0.1, 0.15) is 32.6 Å². The van der Waals surface area contributed by atoms with Crippen molar-refractivity contribution < 1.29 is 38.2 Å². The molecule has 2 aromatic heterocycles. The molecular weight excluding hydrogens is 320 g/mol. The fraction of sp³-hybridized carbons (Fsp3) is 0. The monoisotopic (exact) mass is 332 g/mol. The van der Waals surface area contributed by atoms with Crippen LogP contribution in [0.3, 0.4) is 0 Å². The van der Waals surface area contributed by atoms with Gasteiger partial charge in [0.05, 0.1) is 0 Å². The molecule has 0 spiro atoms. The number of hydrogen-bond donors (Lipinski definition) is 2. The number of furan rings is 2. The Kier molecular flexibility index (Phi) is 7.16. The van der Waals surface area contributed by atoms with Gasteiger partial charge in [-0.1, -0.05) is 0 Å². The summed E-state index contributed by atoms with van der Waals surface area (Å²) in [6, 6.07) is 5.97. The van der Waals surface area contributed by atoms with Crippen LogP contribution in [0, 0.1) is 0 Å². The smallest absolute Gasteiger partial charge is 0.328 e. The van der Waals surface area contributed by atoms with E-state index in [1.54, 1.807) is 12.1 Å². The van der Waals surface area contributed by atoms with Gasteiger partial charge in [-0.2, -0.15) is 0 Å². The number of carboxylic acids is 2. The van der Waals surface area contributed by atoms with Crippen LogP contribution >= 0.6 is 0 Å². The summed E-state index contributed by atoms with van der Waals surface area (Å²) in [5.41, 5.74) is 0. The molecule has 2 N–H and O–H groups in total. The van der Waals surface area contributed by atoms with E-state index in [-0.39, 0.29) is 11.5 Å². The molecule has 124 valence electrons. The predicted octanol–water partition coefficient (Wildman–Crippen LogP) is 2.38. The number of aliphatic carboxylic acids is 2. The minimum absolute atomic E-state index is 0.178. The Morgan fingerprint density at radius 1 is 0.708 bits per heavy atom. The van der Waals surface area contributed by atoms with Crippen LogP contribution in [-0.4, -0.2) is 34.7 Å². The number of rotatable bonds is 6. The van der Waals surface area contributed by atoms with E-state index in [0.29, 0.717) is 24.1 Å². The summed E-state index contributed by atoms with van der Waals surface area (Å²) in [6.07, 6.45) is 5.52. The van der Waals surface area contributed by atoms with Crippen molar-refractivity contribution in [1.82, 2.24) is 0 Å². The molecular formula is C16H12O8. The summed E-state index contributed by atoms with van der Waals surface area (Å²) in [7, 11) is 0. The Balaban J connectivity index is 0.000000272. The summed E-state index contributed by atoms with van der Waals surface area (Å²) in [5.74, 6) is -1.10. The number of aldehydes is 2. The van der Waals surface area contributed by atoms with Gasteiger partial charge in [0.15, 0.2) is 24.1 Å². The molecule has 0 atom stereocenters. The van der Waals surface area contributed by atoms with E-state index < -0.39 is 11.9 Å². The summed E-state index contributed by atoms with van der Waals surface area (Å²) < 4.78 is 9.73. The van der Waals surface area contributed by atoms with Crippen molar-refractivity contribution >= 4 is 36.7 Å². The van der Waals surface area contributed by atoms with Gasteiger partial charge in [-0.05, 0) is 36.4 Å². The van der Waals surface area contributed by atoms with Crippen molar-refractivity contribution in [3.8, 4) is 0 Å². The van der Waals surface area contributed by atoms with Gasteiger partial charge < -0.3 is 19.0 Å². The van der Waals surface area contributed by atoms with E-state index in [1.165, 1.54) is 24.3 Å². The van der Waals surface area contributed by atoms with Crippen LogP contribution in [0.15, 0.2) is 45.3 Å². The molecule has 0 unspecified atom stereocenters. The molecule has 0 aromatic carbocycles. The van der Waals surface area contributed by atoms with Crippen molar-refractivity contribution in [1.29, 1.82) is 0 Å². The summed E-state index contributed by atoms with van der Waals surface area (Å²) >= 11 is 0. The quantitative estimate of drug-likeness (QED) is 0.608. The highest BCUT2D eigenvalue weighted by Crippen LogP contribution is 2.11. The molecule has 0 saturated carbocycles. The van der Waals surface area contributed by atoms with E-state index in [9.17, 15) is 19.2 Å². The summed E-state index contributed by atoms with van der Waals surface area (Å²) in [5, 5.41) is 16.7. The molecule has 0 bridgehead atoms. The molecule has 0 fully saturated rings. The second-order valence-electron chi connectivity index (χ2n) is 4.06. The van der Waals surface area contributed by atoms with Crippen LogP contribution in [-0.2, 0) is 9.59 Å². The van der Waals surface area contributed by atoms with Crippen LogP contribution in [0.25, 0.3) is 12.2 Å². The van der Waals surface area contributed by atoms with Crippen molar-refractivity contribution in [2.45, 2.75) is 0 Å². The van der Waals surface area contributed by atoms with E-state index in [4.69, 9.17) is 14.6 Å². The number of carboxylic acid groups (broad SMARTS) is 2. The Morgan fingerprint density at radius 2 is 1.04 bits per heavy atom. The molecule has 2 aromatic rings. The Morgan fingerprint density at radius 3 is 1.33 bits per heavy atom. The first-order valence-electron chi connectivity index (χ1n) is 6.36. The molecule has 8 heteroatoms. The van der Waals surface area contributed by atoms with Crippen molar-refractivity contribution in [2.24, 2.45) is 0 Å². The predicted molar refractivity (Wildman–Crippen MR) is 81.5 cm³/mol. The number of hydrogen-bond acceptors (Lipinski definition) is 6. The second kappa shape index (κ2) is 9.36. The van der Waals surface area contributed by atoms with Gasteiger partial charge in [0.2, 0.25) is 0 Å². The van der Waals surface area contributed by atoms with Gasteiger partial charge in [-0.25, -0.2) is 9.59 Å². The zero-order chi connectivity index (χ0) is 17.9. The third kappa shape index (κ3) is 6.85. The Labute approximate surface area is 135 Å². The average Bonchev–Trinajstić information content (AvgIpc) is 3.20. The van der Waals surface area contributed by atoms with Gasteiger partial charge in [-0.15, -0.1) is 0 Å². The highest BCUT2D eigenvalue weighted by atomic mass is 16.4. The van der Waals surface area contributed by atoms with Gasteiger partial charge in [0, 0.05) is 12.2 Å². The minimum atomic E-state index is -1.07. The first-order chi connectivity index (χ1) is 11.4. The highest BCUT2D eigenvalue weighted by Gasteiger charge is 1.97.